The number of benzene rings is 3. The Morgan fingerprint density at radius 2 is 1.97 bits per heavy atom. The van der Waals surface area contributed by atoms with Crippen LogP contribution in [0.5, 0.6) is 5.88 Å². The van der Waals surface area contributed by atoms with E-state index in [9.17, 15) is 19.5 Å². The van der Waals surface area contributed by atoms with Gasteiger partial charge in [0.25, 0.3) is 0 Å². The minimum atomic E-state index is -0.661. The number of imide groups is 1. The zero-order chi connectivity index (χ0) is 27.1. The van der Waals surface area contributed by atoms with Crippen molar-refractivity contribution in [3.05, 3.63) is 77.4 Å². The van der Waals surface area contributed by atoms with Gasteiger partial charge >= 0.3 is 6.03 Å². The minimum absolute atomic E-state index is 0.0419. The van der Waals surface area contributed by atoms with Gasteiger partial charge in [0.1, 0.15) is 11.9 Å². The number of carbonyl (C=O) groups excluding carboxylic acids is 3. The van der Waals surface area contributed by atoms with E-state index >= 15 is 0 Å². The summed E-state index contributed by atoms with van der Waals surface area (Å²) in [4.78, 5) is 44.2. The maximum Gasteiger partial charge on any atom is 0.319 e. The van der Waals surface area contributed by atoms with Gasteiger partial charge in [0.15, 0.2) is 5.88 Å². The van der Waals surface area contributed by atoms with Crippen LogP contribution in [0.4, 0.5) is 10.5 Å². The Bertz CT molecular complexity index is 1740. The number of halogens is 1. The molecule has 1 atom stereocenters. The molecule has 0 spiro atoms. The van der Waals surface area contributed by atoms with Gasteiger partial charge in [-0.25, -0.2) is 9.78 Å². The maximum absolute atomic E-state index is 12.7. The molecule has 196 valence electrons. The largest absolute Gasteiger partial charge is 0.494 e. The van der Waals surface area contributed by atoms with Crippen molar-refractivity contribution in [1.82, 2.24) is 25.2 Å². The molecule has 2 aromatic heterocycles. The van der Waals surface area contributed by atoms with Crippen LogP contribution in [0.1, 0.15) is 24.4 Å². The number of amides is 4. The number of nitrogens with zero attached hydrogens (tertiary/aromatic N) is 2. The third-order valence-corrected chi connectivity index (χ3v) is 7.08. The number of H-pyrrole nitrogens is 1. The second-order valence-corrected chi connectivity index (χ2v) is 9.76. The fraction of sp³-hybridized carbons (Fsp3) is 0.143. The van der Waals surface area contributed by atoms with Gasteiger partial charge in [0, 0.05) is 41.2 Å². The molecule has 5 N–H and O–H groups in total. The van der Waals surface area contributed by atoms with Gasteiger partial charge in [-0.05, 0) is 54.4 Å². The molecule has 4 amide bonds. The molecule has 3 aromatic carbocycles. The first kappa shape index (κ1) is 24.5. The highest BCUT2D eigenvalue weighted by atomic mass is 35.5. The van der Waals surface area contributed by atoms with Crippen molar-refractivity contribution in [3.63, 3.8) is 0 Å². The number of aromatic amines is 1. The summed E-state index contributed by atoms with van der Waals surface area (Å²) in [6.45, 7) is 0.232. The van der Waals surface area contributed by atoms with E-state index in [0.29, 0.717) is 39.3 Å². The Morgan fingerprint density at radius 3 is 2.79 bits per heavy atom. The van der Waals surface area contributed by atoms with Crippen LogP contribution in [0.2, 0.25) is 5.02 Å². The van der Waals surface area contributed by atoms with E-state index in [-0.39, 0.29) is 24.8 Å². The number of aromatic hydroxyl groups is 1. The van der Waals surface area contributed by atoms with Crippen LogP contribution in [0.3, 0.4) is 0 Å². The summed E-state index contributed by atoms with van der Waals surface area (Å²) < 4.78 is 1.48. The van der Waals surface area contributed by atoms with E-state index < -0.39 is 18.0 Å². The van der Waals surface area contributed by atoms with E-state index in [1.807, 2.05) is 30.3 Å². The van der Waals surface area contributed by atoms with Crippen LogP contribution in [0.25, 0.3) is 33.2 Å². The van der Waals surface area contributed by atoms with Crippen molar-refractivity contribution in [3.8, 4) is 17.3 Å². The van der Waals surface area contributed by atoms with Gasteiger partial charge in [0.05, 0.1) is 16.1 Å². The van der Waals surface area contributed by atoms with E-state index in [1.54, 1.807) is 36.5 Å². The van der Waals surface area contributed by atoms with E-state index in [4.69, 9.17) is 11.6 Å². The second-order valence-electron chi connectivity index (χ2n) is 9.35. The third-order valence-electron chi connectivity index (χ3n) is 6.75. The normalized spacial score (nSPS) is 15.5. The van der Waals surface area contributed by atoms with Crippen LogP contribution in [0.15, 0.2) is 66.9 Å². The number of fused-ring (bicyclic) bond motifs is 2. The molecule has 1 saturated heterocycles. The predicted octanol–water partition coefficient (Wildman–Crippen LogP) is 4.84. The Hall–Kier alpha value is -4.83. The van der Waals surface area contributed by atoms with Crippen molar-refractivity contribution in [2.45, 2.75) is 25.4 Å². The molecule has 1 aliphatic heterocycles. The predicted molar refractivity (Wildman–Crippen MR) is 147 cm³/mol. The number of anilines is 1. The van der Waals surface area contributed by atoms with E-state index in [1.165, 1.54) is 4.57 Å². The molecule has 1 fully saturated rings. The molecule has 3 heterocycles. The molecular formula is C28H23ClN6O4. The number of hydrogen-bond donors (Lipinski definition) is 5. The molecular weight excluding hydrogens is 520 g/mol. The van der Waals surface area contributed by atoms with E-state index in [0.717, 1.165) is 16.6 Å². The smallest absolute Gasteiger partial charge is 0.319 e. The lowest BCUT2D eigenvalue weighted by Crippen LogP contribution is -2.41. The lowest BCUT2D eigenvalue weighted by Gasteiger charge is -2.22. The summed E-state index contributed by atoms with van der Waals surface area (Å²) in [5.74, 6) is -0.194. The van der Waals surface area contributed by atoms with Gasteiger partial charge in [-0.3, -0.25) is 14.9 Å². The van der Waals surface area contributed by atoms with Gasteiger partial charge in [-0.2, -0.15) is 0 Å². The lowest BCUT2D eigenvalue weighted by molar-refractivity contribution is -0.135. The first-order valence-corrected chi connectivity index (χ1v) is 12.7. The number of rotatable bonds is 5. The molecule has 1 unspecified atom stereocenters. The molecule has 0 aliphatic carbocycles. The third kappa shape index (κ3) is 4.77. The molecule has 6 rings (SSSR count). The summed E-state index contributed by atoms with van der Waals surface area (Å²) in [5.41, 5.74) is 3.72. The van der Waals surface area contributed by atoms with Gasteiger partial charge in [0.2, 0.25) is 11.8 Å². The highest BCUT2D eigenvalue weighted by molar-refractivity contribution is 6.33. The van der Waals surface area contributed by atoms with Gasteiger partial charge in [-0.1, -0.05) is 29.8 Å². The molecule has 11 heteroatoms. The topological polar surface area (TPSA) is 141 Å². The van der Waals surface area contributed by atoms with Crippen molar-refractivity contribution in [2.24, 2.45) is 0 Å². The average Bonchev–Trinajstić information content (AvgIpc) is 3.49. The number of hydrogen-bond acceptors (Lipinski definition) is 5. The summed E-state index contributed by atoms with van der Waals surface area (Å²) in [6.07, 6.45) is 2.21. The lowest BCUT2D eigenvalue weighted by atomic mass is 10.1. The van der Waals surface area contributed by atoms with Crippen LogP contribution < -0.4 is 16.0 Å². The number of piperidine rings is 1. The molecule has 1 aliphatic rings. The van der Waals surface area contributed by atoms with E-state index in [2.05, 4.69) is 25.9 Å². The SMILES string of the molecule is O=C1CCC(n2cc3cc(CNC(=O)Nc4ccc(Cl)c(-c5nc6ccccc6[nH]5)c4)ccc3c2O)C(=O)N1. The van der Waals surface area contributed by atoms with Crippen molar-refractivity contribution >= 4 is 56.9 Å². The highest BCUT2D eigenvalue weighted by Crippen LogP contribution is 2.34. The quantitative estimate of drug-likeness (QED) is 0.202. The minimum Gasteiger partial charge on any atom is -0.494 e. The van der Waals surface area contributed by atoms with Crippen molar-refractivity contribution in [2.75, 3.05) is 5.32 Å². The van der Waals surface area contributed by atoms with Crippen LogP contribution in [0, 0.1) is 0 Å². The molecule has 0 saturated carbocycles. The molecule has 0 radical (unpaired) electrons. The number of nitrogens with one attached hydrogen (secondary N) is 4. The van der Waals surface area contributed by atoms with Crippen LogP contribution in [-0.2, 0) is 16.1 Å². The van der Waals surface area contributed by atoms with Gasteiger partial charge < -0.3 is 25.3 Å². The maximum atomic E-state index is 12.7. The summed E-state index contributed by atoms with van der Waals surface area (Å²) >= 11 is 6.42. The Labute approximate surface area is 227 Å². The summed E-state index contributed by atoms with van der Waals surface area (Å²) in [6, 6.07) is 17.1. The molecule has 10 nitrogen and oxygen atoms in total. The molecule has 39 heavy (non-hydrogen) atoms. The number of para-hydroxylation sites is 2. The Balaban J connectivity index is 1.14. The number of aromatic nitrogens is 3. The van der Waals surface area contributed by atoms with Gasteiger partial charge in [-0.15, -0.1) is 0 Å². The first-order valence-electron chi connectivity index (χ1n) is 12.3. The number of urea groups is 1. The number of carbonyl (C=O) groups is 3. The molecule has 5 aromatic rings. The summed E-state index contributed by atoms with van der Waals surface area (Å²) in [7, 11) is 0. The zero-order valence-corrected chi connectivity index (χ0v) is 21.2. The highest BCUT2D eigenvalue weighted by Gasteiger charge is 2.30. The summed E-state index contributed by atoms with van der Waals surface area (Å²) in [5, 5.41) is 20.4. The Kier molecular flexibility index (Phi) is 6.16. The van der Waals surface area contributed by atoms with Crippen LogP contribution in [-0.4, -0.2) is 37.5 Å². The second kappa shape index (κ2) is 9.80. The fourth-order valence-corrected chi connectivity index (χ4v) is 5.00. The standard InChI is InChI=1S/C28H23ClN6O4/c29-20-8-6-17(12-19(20)25-32-21-3-1-2-4-22(21)33-25)31-28(39)30-13-15-5-7-18-16(11-15)14-35(27(18)38)23-9-10-24(36)34-26(23)37/h1-8,11-12,14,23,38H,9-10,13H2,(H,32,33)(H2,30,31,39)(H,34,36,37). The first-order chi connectivity index (χ1) is 18.9. The monoisotopic (exact) mass is 542 g/mol. The number of imidazole rings is 1. The van der Waals surface area contributed by atoms with Crippen molar-refractivity contribution < 1.29 is 19.5 Å². The Morgan fingerprint density at radius 1 is 1.13 bits per heavy atom. The fourth-order valence-electron chi connectivity index (χ4n) is 4.79. The zero-order valence-electron chi connectivity index (χ0n) is 20.5. The van der Waals surface area contributed by atoms with Crippen LogP contribution >= 0.6 is 11.6 Å². The van der Waals surface area contributed by atoms with Crippen molar-refractivity contribution in [1.29, 1.82) is 0 Å². The average molecular weight is 543 g/mol. The molecule has 0 bridgehead atoms.